The minimum absolute atomic E-state index is 0.0187. The van der Waals surface area contributed by atoms with Crippen LogP contribution in [0.15, 0.2) is 0 Å². The van der Waals surface area contributed by atoms with E-state index in [4.69, 9.17) is 14.2 Å². The third kappa shape index (κ3) is 1.60. The van der Waals surface area contributed by atoms with Crippen LogP contribution in [0.5, 0.6) is 0 Å². The molecule has 4 heteroatoms. The Morgan fingerprint density at radius 1 is 1.20 bits per heavy atom. The van der Waals surface area contributed by atoms with E-state index >= 15 is 0 Å². The van der Waals surface area contributed by atoms with Gasteiger partial charge in [0.25, 0.3) is 0 Å². The summed E-state index contributed by atoms with van der Waals surface area (Å²) < 4.78 is 17.3. The first kappa shape index (κ1) is 11.3. The van der Waals surface area contributed by atoms with Gasteiger partial charge in [0.1, 0.15) is 6.10 Å². The molecule has 0 radical (unpaired) electrons. The van der Waals surface area contributed by atoms with Gasteiger partial charge in [-0.15, -0.1) is 0 Å². The molecule has 2 aliphatic rings. The lowest BCUT2D eigenvalue weighted by Crippen LogP contribution is -2.42. The molecular formula is C11H20O4. The Labute approximate surface area is 90.5 Å². The van der Waals surface area contributed by atoms with Crippen LogP contribution in [-0.2, 0) is 14.2 Å². The van der Waals surface area contributed by atoms with Gasteiger partial charge in [-0.25, -0.2) is 0 Å². The minimum Gasteiger partial charge on any atom is -0.393 e. The first-order valence-electron chi connectivity index (χ1n) is 5.58. The van der Waals surface area contributed by atoms with Crippen molar-refractivity contribution in [1.29, 1.82) is 0 Å². The van der Waals surface area contributed by atoms with Gasteiger partial charge in [0, 0.05) is 5.92 Å². The summed E-state index contributed by atoms with van der Waals surface area (Å²) in [7, 11) is 0. The van der Waals surface area contributed by atoms with Crippen LogP contribution in [0.1, 0.15) is 34.1 Å². The molecule has 0 aromatic heterocycles. The predicted molar refractivity (Wildman–Crippen MR) is 54.2 cm³/mol. The van der Waals surface area contributed by atoms with Crippen molar-refractivity contribution in [3.8, 4) is 0 Å². The zero-order valence-corrected chi connectivity index (χ0v) is 9.82. The van der Waals surface area contributed by atoms with Crippen LogP contribution in [0.2, 0.25) is 0 Å². The van der Waals surface area contributed by atoms with E-state index < -0.39 is 11.4 Å². The molecule has 4 atom stereocenters. The van der Waals surface area contributed by atoms with Crippen LogP contribution in [0.4, 0.5) is 0 Å². The second-order valence-corrected chi connectivity index (χ2v) is 4.95. The van der Waals surface area contributed by atoms with E-state index in [1.807, 2.05) is 20.8 Å². The van der Waals surface area contributed by atoms with Gasteiger partial charge in [0.15, 0.2) is 12.1 Å². The monoisotopic (exact) mass is 216 g/mol. The molecule has 0 aromatic rings. The average molecular weight is 216 g/mol. The average Bonchev–Trinajstić information content (AvgIpc) is 2.59. The fraction of sp³-hybridized carbons (Fsp3) is 1.00. The Hall–Kier alpha value is -0.160. The zero-order chi connectivity index (χ0) is 11.3. The largest absolute Gasteiger partial charge is 0.393 e. The fourth-order valence-electron chi connectivity index (χ4n) is 2.52. The molecule has 0 aromatic carbocycles. The lowest BCUT2D eigenvalue weighted by Gasteiger charge is -2.32. The molecule has 2 saturated heterocycles. The standard InChI is InChI=1S/C11H20O4/c1-5-11(6-12)7(2)8-9(15-11)14-10(3,4)13-8/h7-9,12H,5-6H2,1-4H3/t7-,8?,9+,11+/m1/s1. The fourth-order valence-corrected chi connectivity index (χ4v) is 2.52. The molecule has 0 bridgehead atoms. The van der Waals surface area contributed by atoms with E-state index in [1.54, 1.807) is 0 Å². The molecular weight excluding hydrogens is 196 g/mol. The second-order valence-electron chi connectivity index (χ2n) is 4.95. The van der Waals surface area contributed by atoms with Gasteiger partial charge in [-0.05, 0) is 20.3 Å². The number of rotatable bonds is 2. The van der Waals surface area contributed by atoms with E-state index in [0.717, 1.165) is 6.42 Å². The molecule has 0 spiro atoms. The molecule has 4 nitrogen and oxygen atoms in total. The lowest BCUT2D eigenvalue weighted by molar-refractivity contribution is -0.238. The summed E-state index contributed by atoms with van der Waals surface area (Å²) in [5, 5.41) is 9.44. The molecule has 1 N–H and O–H groups in total. The summed E-state index contributed by atoms with van der Waals surface area (Å²) in [4.78, 5) is 0. The normalized spacial score (nSPS) is 48.2. The van der Waals surface area contributed by atoms with E-state index in [9.17, 15) is 5.11 Å². The molecule has 15 heavy (non-hydrogen) atoms. The van der Waals surface area contributed by atoms with Crippen LogP contribution < -0.4 is 0 Å². The molecule has 0 amide bonds. The van der Waals surface area contributed by atoms with Gasteiger partial charge in [-0.1, -0.05) is 13.8 Å². The summed E-state index contributed by atoms with van der Waals surface area (Å²) in [6, 6.07) is 0. The summed E-state index contributed by atoms with van der Waals surface area (Å²) >= 11 is 0. The Kier molecular flexibility index (Phi) is 2.58. The van der Waals surface area contributed by atoms with Gasteiger partial charge in [-0.2, -0.15) is 0 Å². The third-order valence-corrected chi connectivity index (χ3v) is 3.63. The minimum atomic E-state index is -0.570. The highest BCUT2D eigenvalue weighted by molar-refractivity contribution is 4.99. The molecule has 1 unspecified atom stereocenters. The second kappa shape index (κ2) is 3.42. The molecule has 2 aliphatic heterocycles. The number of hydrogen-bond donors (Lipinski definition) is 1. The quantitative estimate of drug-likeness (QED) is 0.755. The van der Waals surface area contributed by atoms with Gasteiger partial charge in [0.2, 0.25) is 0 Å². The SMILES string of the molecule is CC[C@@]1(CO)O[C@@H]2OC(C)(C)OC2[C@H]1C. The van der Waals surface area contributed by atoms with Gasteiger partial charge in [-0.3, -0.25) is 0 Å². The van der Waals surface area contributed by atoms with E-state index in [0.29, 0.717) is 0 Å². The maximum atomic E-state index is 9.44. The van der Waals surface area contributed by atoms with Crippen molar-refractivity contribution in [3.05, 3.63) is 0 Å². The predicted octanol–water partition coefficient (Wildman–Crippen LogP) is 1.27. The Balaban J connectivity index is 2.17. The van der Waals surface area contributed by atoms with Crippen molar-refractivity contribution in [2.75, 3.05) is 6.61 Å². The summed E-state index contributed by atoms with van der Waals surface area (Å²) in [6.07, 6.45) is 0.374. The summed E-state index contributed by atoms with van der Waals surface area (Å²) in [5.41, 5.74) is -0.494. The maximum Gasteiger partial charge on any atom is 0.188 e. The van der Waals surface area contributed by atoms with Crippen LogP contribution in [0, 0.1) is 5.92 Å². The van der Waals surface area contributed by atoms with Crippen molar-refractivity contribution >= 4 is 0 Å². The molecule has 0 aliphatic carbocycles. The first-order chi connectivity index (χ1) is 6.94. The van der Waals surface area contributed by atoms with Crippen LogP contribution in [0.25, 0.3) is 0 Å². The molecule has 2 fully saturated rings. The third-order valence-electron chi connectivity index (χ3n) is 3.63. The maximum absolute atomic E-state index is 9.44. The van der Waals surface area contributed by atoms with Crippen LogP contribution in [-0.4, -0.2) is 35.5 Å². The number of aliphatic hydroxyl groups is 1. The van der Waals surface area contributed by atoms with E-state index in [1.165, 1.54) is 0 Å². The van der Waals surface area contributed by atoms with Crippen molar-refractivity contribution in [3.63, 3.8) is 0 Å². The number of fused-ring (bicyclic) bond motifs is 1. The van der Waals surface area contributed by atoms with Gasteiger partial charge < -0.3 is 19.3 Å². The summed E-state index contributed by atoms with van der Waals surface area (Å²) in [6.45, 7) is 7.85. The van der Waals surface area contributed by atoms with Gasteiger partial charge in [0.05, 0.1) is 12.2 Å². The molecule has 88 valence electrons. The van der Waals surface area contributed by atoms with Crippen molar-refractivity contribution in [2.24, 2.45) is 5.92 Å². The number of hydrogen-bond acceptors (Lipinski definition) is 4. The highest BCUT2D eigenvalue weighted by Gasteiger charge is 2.58. The van der Waals surface area contributed by atoms with Crippen molar-refractivity contribution in [1.82, 2.24) is 0 Å². The zero-order valence-electron chi connectivity index (χ0n) is 9.82. The van der Waals surface area contributed by atoms with E-state index in [-0.39, 0.29) is 24.9 Å². The Morgan fingerprint density at radius 3 is 2.33 bits per heavy atom. The molecule has 2 rings (SSSR count). The number of aliphatic hydroxyl groups excluding tert-OH is 1. The number of ether oxygens (including phenoxy) is 3. The van der Waals surface area contributed by atoms with Crippen molar-refractivity contribution in [2.45, 2.75) is 57.9 Å². The van der Waals surface area contributed by atoms with Crippen molar-refractivity contribution < 1.29 is 19.3 Å². The molecule has 2 heterocycles. The van der Waals surface area contributed by atoms with E-state index in [2.05, 4.69) is 6.92 Å². The lowest BCUT2D eigenvalue weighted by atomic mass is 9.86. The molecule has 0 saturated carbocycles. The smallest absolute Gasteiger partial charge is 0.188 e. The Morgan fingerprint density at radius 2 is 1.87 bits per heavy atom. The first-order valence-corrected chi connectivity index (χ1v) is 5.58. The van der Waals surface area contributed by atoms with Crippen LogP contribution in [0.3, 0.4) is 0 Å². The highest BCUT2D eigenvalue weighted by Crippen LogP contribution is 2.46. The topological polar surface area (TPSA) is 47.9 Å². The summed E-state index contributed by atoms with van der Waals surface area (Å²) in [5.74, 6) is -0.418. The highest BCUT2D eigenvalue weighted by atomic mass is 16.8. The Bertz CT molecular complexity index is 247. The van der Waals surface area contributed by atoms with Gasteiger partial charge >= 0.3 is 0 Å². The van der Waals surface area contributed by atoms with Crippen LogP contribution >= 0.6 is 0 Å².